The first-order valence-electron chi connectivity index (χ1n) is 3.81. The van der Waals surface area contributed by atoms with E-state index in [2.05, 4.69) is 31.9 Å². The molecule has 5 heteroatoms. The van der Waals surface area contributed by atoms with Crippen LogP contribution in [-0.4, -0.2) is 16.2 Å². The molecule has 0 aliphatic rings. The fraction of sp³-hybridized carbons (Fsp3) is 0.222. The molecule has 1 atom stereocenters. The summed E-state index contributed by atoms with van der Waals surface area (Å²) in [6.07, 6.45) is -1.47. The number of hydrogen-bond acceptors (Lipinski definition) is 2. The first-order chi connectivity index (χ1) is 6.54. The molecule has 2 N–H and O–H groups in total. The summed E-state index contributed by atoms with van der Waals surface area (Å²) >= 11 is 6.51. The molecule has 0 radical (unpaired) electrons. The topological polar surface area (TPSA) is 57.5 Å². The normalized spacial score (nSPS) is 12.5. The van der Waals surface area contributed by atoms with Crippen LogP contribution in [0.5, 0.6) is 0 Å². The molecule has 1 rings (SSSR count). The predicted octanol–water partition coefficient (Wildman–Crippen LogP) is 2.46. The van der Waals surface area contributed by atoms with Crippen LogP contribution in [0.1, 0.15) is 17.2 Å². The molecule has 0 aromatic heterocycles. The minimum absolute atomic E-state index is 0.376. The van der Waals surface area contributed by atoms with Gasteiger partial charge < -0.3 is 10.2 Å². The number of alkyl halides is 1. The summed E-state index contributed by atoms with van der Waals surface area (Å²) in [5.74, 6) is -1.25. The van der Waals surface area contributed by atoms with E-state index in [1.54, 1.807) is 12.1 Å². The van der Waals surface area contributed by atoms with E-state index < -0.39 is 12.1 Å². The zero-order valence-electron chi connectivity index (χ0n) is 7.08. The van der Waals surface area contributed by atoms with Gasteiger partial charge in [-0.2, -0.15) is 0 Å². The van der Waals surface area contributed by atoms with E-state index in [9.17, 15) is 9.90 Å². The molecule has 0 saturated heterocycles. The number of rotatable bonds is 3. The number of carboxylic acid groups (broad SMARTS) is 1. The van der Waals surface area contributed by atoms with Gasteiger partial charge >= 0.3 is 5.97 Å². The zero-order valence-corrected chi connectivity index (χ0v) is 10.2. The number of aliphatic hydroxyl groups excluding tert-OH is 1. The number of hydrogen-bond donors (Lipinski definition) is 2. The second-order valence-electron chi connectivity index (χ2n) is 2.77. The summed E-state index contributed by atoms with van der Waals surface area (Å²) in [5.41, 5.74) is 1.29. The molecule has 0 aliphatic heterocycles. The van der Waals surface area contributed by atoms with Crippen molar-refractivity contribution in [1.82, 2.24) is 0 Å². The maximum atomic E-state index is 10.5. The smallest absolute Gasteiger partial charge is 0.337 e. The van der Waals surface area contributed by atoms with Crippen molar-refractivity contribution in [3.05, 3.63) is 33.8 Å². The Morgan fingerprint density at radius 3 is 2.57 bits per heavy atom. The van der Waals surface area contributed by atoms with Crippen LogP contribution < -0.4 is 0 Å². The van der Waals surface area contributed by atoms with E-state index >= 15 is 0 Å². The molecule has 1 aromatic carbocycles. The van der Waals surface area contributed by atoms with Crippen LogP contribution in [0.2, 0.25) is 0 Å². The third-order valence-electron chi connectivity index (χ3n) is 1.68. The van der Waals surface area contributed by atoms with Crippen molar-refractivity contribution in [1.29, 1.82) is 0 Å². The van der Waals surface area contributed by atoms with Gasteiger partial charge in [-0.3, -0.25) is 0 Å². The summed E-state index contributed by atoms with van der Waals surface area (Å²) in [6.45, 7) is 0. The van der Waals surface area contributed by atoms with E-state index in [0.29, 0.717) is 10.9 Å². The minimum atomic E-state index is -1.47. The van der Waals surface area contributed by atoms with Crippen molar-refractivity contribution in [2.45, 2.75) is 11.4 Å². The average Bonchev–Trinajstić information content (AvgIpc) is 2.15. The fourth-order valence-corrected chi connectivity index (χ4v) is 1.94. The number of halogens is 2. The Bertz CT molecular complexity index is 352. The summed E-state index contributed by atoms with van der Waals surface area (Å²) in [5, 5.41) is 18.5. The highest BCUT2D eigenvalue weighted by molar-refractivity contribution is 9.10. The second-order valence-corrected chi connectivity index (χ2v) is 4.24. The van der Waals surface area contributed by atoms with Crippen molar-refractivity contribution < 1.29 is 15.0 Å². The lowest BCUT2D eigenvalue weighted by Gasteiger charge is -2.08. The molecular formula is C9H8Br2O3. The van der Waals surface area contributed by atoms with Gasteiger partial charge in [-0.05, 0) is 23.3 Å². The van der Waals surface area contributed by atoms with Gasteiger partial charge in [0.2, 0.25) is 0 Å². The number of benzene rings is 1. The molecular weight excluding hydrogens is 316 g/mol. The molecule has 14 heavy (non-hydrogen) atoms. The summed E-state index contributed by atoms with van der Waals surface area (Å²) < 4.78 is 0.754. The molecule has 1 unspecified atom stereocenters. The van der Waals surface area contributed by atoms with Gasteiger partial charge in [0, 0.05) is 9.80 Å². The van der Waals surface area contributed by atoms with Gasteiger partial charge in [0.1, 0.15) is 0 Å². The maximum absolute atomic E-state index is 10.5. The van der Waals surface area contributed by atoms with E-state index in [4.69, 9.17) is 5.11 Å². The van der Waals surface area contributed by atoms with Gasteiger partial charge in [0.25, 0.3) is 0 Å². The first kappa shape index (κ1) is 11.7. The predicted molar refractivity (Wildman–Crippen MR) is 59.4 cm³/mol. The molecule has 0 bridgehead atoms. The van der Waals surface area contributed by atoms with Crippen LogP contribution >= 0.6 is 31.9 Å². The van der Waals surface area contributed by atoms with E-state index in [1.165, 1.54) is 0 Å². The molecule has 0 aliphatic carbocycles. The number of aliphatic hydroxyl groups is 1. The van der Waals surface area contributed by atoms with Gasteiger partial charge in [-0.15, -0.1) is 0 Å². The van der Waals surface area contributed by atoms with Crippen LogP contribution in [-0.2, 0) is 10.1 Å². The molecule has 0 saturated carbocycles. The highest BCUT2D eigenvalue weighted by Gasteiger charge is 2.16. The summed E-state index contributed by atoms with van der Waals surface area (Å²) in [7, 11) is 0. The van der Waals surface area contributed by atoms with Crippen LogP contribution in [0.3, 0.4) is 0 Å². The third-order valence-corrected chi connectivity index (χ3v) is 2.79. The molecule has 3 nitrogen and oxygen atoms in total. The van der Waals surface area contributed by atoms with Crippen molar-refractivity contribution in [2.75, 3.05) is 0 Å². The van der Waals surface area contributed by atoms with Crippen LogP contribution in [0.25, 0.3) is 0 Å². The molecule has 0 amide bonds. The molecule has 76 valence electrons. The Morgan fingerprint density at radius 2 is 2.07 bits per heavy atom. The minimum Gasteiger partial charge on any atom is -0.479 e. The Morgan fingerprint density at radius 1 is 1.43 bits per heavy atom. The van der Waals surface area contributed by atoms with Crippen molar-refractivity contribution >= 4 is 37.8 Å². The first-order valence-corrected chi connectivity index (χ1v) is 5.72. The van der Waals surface area contributed by atoms with Crippen LogP contribution in [0.4, 0.5) is 0 Å². The maximum Gasteiger partial charge on any atom is 0.337 e. The van der Waals surface area contributed by atoms with Crippen LogP contribution in [0, 0.1) is 0 Å². The molecule has 0 spiro atoms. The summed E-state index contributed by atoms with van der Waals surface area (Å²) in [4.78, 5) is 10.5. The highest BCUT2D eigenvalue weighted by atomic mass is 79.9. The number of carboxylic acids is 1. The van der Waals surface area contributed by atoms with E-state index in [-0.39, 0.29) is 0 Å². The fourth-order valence-electron chi connectivity index (χ4n) is 1.05. The van der Waals surface area contributed by atoms with Crippen molar-refractivity contribution in [3.63, 3.8) is 0 Å². The lowest BCUT2D eigenvalue weighted by Crippen LogP contribution is -2.10. The average molecular weight is 324 g/mol. The largest absolute Gasteiger partial charge is 0.479 e. The quantitative estimate of drug-likeness (QED) is 0.840. The highest BCUT2D eigenvalue weighted by Crippen LogP contribution is 2.22. The van der Waals surface area contributed by atoms with E-state index in [0.717, 1.165) is 10.0 Å². The van der Waals surface area contributed by atoms with Gasteiger partial charge in [0.15, 0.2) is 6.10 Å². The van der Waals surface area contributed by atoms with Gasteiger partial charge in [0.05, 0.1) is 0 Å². The van der Waals surface area contributed by atoms with Gasteiger partial charge in [-0.1, -0.05) is 37.9 Å². The number of aliphatic carboxylic acids is 1. The van der Waals surface area contributed by atoms with E-state index in [1.807, 2.05) is 6.07 Å². The standard InChI is InChI=1S/C9H8Br2O3/c10-4-5-1-6(3-7(11)2-5)8(12)9(13)14/h1-3,8,12H,4H2,(H,13,14). The van der Waals surface area contributed by atoms with Crippen molar-refractivity contribution in [3.8, 4) is 0 Å². The van der Waals surface area contributed by atoms with Crippen molar-refractivity contribution in [2.24, 2.45) is 0 Å². The second kappa shape index (κ2) is 4.91. The summed E-state index contributed by atoms with van der Waals surface area (Å²) in [6, 6.07) is 5.09. The molecule has 0 fully saturated rings. The Balaban J connectivity index is 3.08. The van der Waals surface area contributed by atoms with Crippen LogP contribution in [0.15, 0.2) is 22.7 Å². The third kappa shape index (κ3) is 2.80. The Kier molecular flexibility index (Phi) is 4.10. The lowest BCUT2D eigenvalue weighted by molar-refractivity contribution is -0.146. The SMILES string of the molecule is O=C(O)C(O)c1cc(Br)cc(CBr)c1. The number of carbonyl (C=O) groups is 1. The Labute approximate surface area is 98.0 Å². The zero-order chi connectivity index (χ0) is 10.7. The molecule has 1 aromatic rings. The van der Waals surface area contributed by atoms with Gasteiger partial charge in [-0.25, -0.2) is 4.79 Å². The Hall–Kier alpha value is -0.390. The monoisotopic (exact) mass is 322 g/mol. The lowest BCUT2D eigenvalue weighted by atomic mass is 10.1. The molecule has 0 heterocycles.